The number of unbranched alkanes of at least 4 members (excludes halogenated alkanes) is 1. The first-order chi connectivity index (χ1) is 11.1. The molecule has 1 saturated carbocycles. The molecule has 1 aromatic carbocycles. The summed E-state index contributed by atoms with van der Waals surface area (Å²) in [6.45, 7) is 2.39. The fourth-order valence-corrected chi connectivity index (χ4v) is 5.59. The Morgan fingerprint density at radius 1 is 1.26 bits per heavy atom. The number of ether oxygens (including phenoxy) is 1. The molecule has 23 heavy (non-hydrogen) atoms. The molecule has 1 saturated heterocycles. The molecular formula is C17H23NO4S. The van der Waals surface area contributed by atoms with E-state index in [4.69, 9.17) is 4.74 Å². The van der Waals surface area contributed by atoms with Gasteiger partial charge in [0.25, 0.3) is 0 Å². The number of fused-ring (bicyclic) bond motifs is 2. The van der Waals surface area contributed by atoms with Gasteiger partial charge >= 0.3 is 5.97 Å². The van der Waals surface area contributed by atoms with Gasteiger partial charge in [0, 0.05) is 6.04 Å². The fourth-order valence-electron chi connectivity index (χ4n) is 3.70. The molecular weight excluding hydrogens is 314 g/mol. The molecule has 0 N–H and O–H groups in total. The summed E-state index contributed by atoms with van der Waals surface area (Å²) >= 11 is 0. The summed E-state index contributed by atoms with van der Waals surface area (Å²) in [7, 11) is -3.66. The van der Waals surface area contributed by atoms with Gasteiger partial charge in [-0.1, -0.05) is 31.5 Å². The van der Waals surface area contributed by atoms with Crippen molar-refractivity contribution in [2.45, 2.75) is 56.0 Å². The van der Waals surface area contributed by atoms with E-state index in [1.807, 2.05) is 6.92 Å². The third kappa shape index (κ3) is 3.02. The average Bonchev–Trinajstić information content (AvgIpc) is 3.17. The summed E-state index contributed by atoms with van der Waals surface area (Å²) < 4.78 is 32.7. The molecule has 1 aliphatic carbocycles. The van der Waals surface area contributed by atoms with Crippen LogP contribution < -0.4 is 0 Å². The van der Waals surface area contributed by atoms with Gasteiger partial charge < -0.3 is 4.74 Å². The summed E-state index contributed by atoms with van der Waals surface area (Å²) in [5, 5.41) is 0. The third-order valence-electron chi connectivity index (χ3n) is 4.83. The van der Waals surface area contributed by atoms with Gasteiger partial charge in [0.15, 0.2) is 0 Å². The molecule has 2 aliphatic rings. The summed E-state index contributed by atoms with van der Waals surface area (Å²) in [5.41, 5.74) is 0. The van der Waals surface area contributed by atoms with Gasteiger partial charge in [0.05, 0.1) is 11.5 Å². The molecule has 1 aliphatic heterocycles. The van der Waals surface area contributed by atoms with Crippen LogP contribution in [0, 0.1) is 5.92 Å². The number of esters is 1. The van der Waals surface area contributed by atoms with Gasteiger partial charge in [-0.3, -0.25) is 4.79 Å². The molecule has 1 heterocycles. The van der Waals surface area contributed by atoms with E-state index in [0.29, 0.717) is 6.61 Å². The highest BCUT2D eigenvalue weighted by Gasteiger charge is 2.55. The van der Waals surface area contributed by atoms with Crippen LogP contribution in [0.25, 0.3) is 0 Å². The van der Waals surface area contributed by atoms with Gasteiger partial charge in [-0.2, -0.15) is 4.31 Å². The van der Waals surface area contributed by atoms with E-state index in [2.05, 4.69) is 0 Å². The Balaban J connectivity index is 1.86. The largest absolute Gasteiger partial charge is 0.464 e. The van der Waals surface area contributed by atoms with Crippen molar-refractivity contribution in [1.82, 2.24) is 4.31 Å². The number of nitrogens with zero attached hydrogens (tertiary/aromatic N) is 1. The van der Waals surface area contributed by atoms with E-state index in [1.165, 1.54) is 4.31 Å². The zero-order chi connectivity index (χ0) is 16.4. The van der Waals surface area contributed by atoms with Crippen molar-refractivity contribution in [2.75, 3.05) is 6.61 Å². The maximum atomic E-state index is 13.0. The van der Waals surface area contributed by atoms with Crippen LogP contribution in [0.15, 0.2) is 35.2 Å². The van der Waals surface area contributed by atoms with Crippen LogP contribution in [0.5, 0.6) is 0 Å². The van der Waals surface area contributed by atoms with E-state index in [-0.39, 0.29) is 22.8 Å². The SMILES string of the molecule is CCCCOC(=O)C1C2CCC(C2)N1S(=O)(=O)c1ccccc1. The third-order valence-corrected chi connectivity index (χ3v) is 6.78. The minimum atomic E-state index is -3.66. The highest BCUT2D eigenvalue weighted by molar-refractivity contribution is 7.89. The molecule has 0 radical (unpaired) electrons. The maximum Gasteiger partial charge on any atom is 0.324 e. The Morgan fingerprint density at radius 2 is 2.00 bits per heavy atom. The number of carbonyl (C=O) groups excluding carboxylic acids is 1. The van der Waals surface area contributed by atoms with Crippen LogP contribution in [0.4, 0.5) is 0 Å². The van der Waals surface area contributed by atoms with Gasteiger partial charge in [0.1, 0.15) is 6.04 Å². The molecule has 2 bridgehead atoms. The predicted molar refractivity (Wildman–Crippen MR) is 86.3 cm³/mol. The lowest BCUT2D eigenvalue weighted by atomic mass is 10.0. The number of benzene rings is 1. The maximum absolute atomic E-state index is 13.0. The second-order valence-electron chi connectivity index (χ2n) is 6.34. The van der Waals surface area contributed by atoms with Crippen molar-refractivity contribution >= 4 is 16.0 Å². The van der Waals surface area contributed by atoms with E-state index in [9.17, 15) is 13.2 Å². The van der Waals surface area contributed by atoms with Crippen molar-refractivity contribution in [3.63, 3.8) is 0 Å². The highest BCUT2D eigenvalue weighted by Crippen LogP contribution is 2.45. The smallest absolute Gasteiger partial charge is 0.324 e. The number of sulfonamides is 1. The van der Waals surface area contributed by atoms with Crippen molar-refractivity contribution in [3.8, 4) is 0 Å². The molecule has 0 aromatic heterocycles. The second kappa shape index (κ2) is 6.61. The summed E-state index contributed by atoms with van der Waals surface area (Å²) in [4.78, 5) is 12.7. The number of piperidine rings is 1. The van der Waals surface area contributed by atoms with Crippen LogP contribution in [0.3, 0.4) is 0 Å². The highest BCUT2D eigenvalue weighted by atomic mass is 32.2. The Bertz CT molecular complexity index is 658. The molecule has 126 valence electrons. The topological polar surface area (TPSA) is 63.7 Å². The van der Waals surface area contributed by atoms with E-state index < -0.39 is 16.1 Å². The van der Waals surface area contributed by atoms with Crippen molar-refractivity contribution in [1.29, 1.82) is 0 Å². The van der Waals surface area contributed by atoms with Gasteiger partial charge in [-0.05, 0) is 43.7 Å². The number of hydrogen-bond acceptors (Lipinski definition) is 4. The second-order valence-corrected chi connectivity index (χ2v) is 8.18. The first-order valence-electron chi connectivity index (χ1n) is 8.31. The molecule has 1 aromatic rings. The average molecular weight is 337 g/mol. The van der Waals surface area contributed by atoms with Crippen molar-refractivity contribution < 1.29 is 17.9 Å². The van der Waals surface area contributed by atoms with E-state index >= 15 is 0 Å². The summed E-state index contributed by atoms with van der Waals surface area (Å²) in [6.07, 6.45) is 4.24. The van der Waals surface area contributed by atoms with E-state index in [0.717, 1.165) is 32.1 Å². The molecule has 0 spiro atoms. The van der Waals surface area contributed by atoms with Crippen molar-refractivity contribution in [2.24, 2.45) is 5.92 Å². The van der Waals surface area contributed by atoms with Crippen LogP contribution in [0.1, 0.15) is 39.0 Å². The Hall–Kier alpha value is -1.40. The van der Waals surface area contributed by atoms with Gasteiger partial charge in [-0.15, -0.1) is 0 Å². The van der Waals surface area contributed by atoms with Gasteiger partial charge in [-0.25, -0.2) is 8.42 Å². The molecule has 3 atom stereocenters. The molecule has 5 nitrogen and oxygen atoms in total. The quantitative estimate of drug-likeness (QED) is 0.591. The standard InChI is InChI=1S/C17H23NO4S/c1-2-3-11-22-17(19)16-13-9-10-14(12-13)18(16)23(20,21)15-7-5-4-6-8-15/h4-8,13-14,16H,2-3,9-12H2,1H3. The van der Waals surface area contributed by atoms with Crippen LogP contribution in [-0.2, 0) is 19.6 Å². The van der Waals surface area contributed by atoms with Crippen molar-refractivity contribution in [3.05, 3.63) is 30.3 Å². The van der Waals surface area contributed by atoms with Gasteiger partial charge in [0.2, 0.25) is 10.0 Å². The zero-order valence-corrected chi connectivity index (χ0v) is 14.2. The Morgan fingerprint density at radius 3 is 2.70 bits per heavy atom. The monoisotopic (exact) mass is 337 g/mol. The number of hydrogen-bond donors (Lipinski definition) is 0. The lowest BCUT2D eigenvalue weighted by molar-refractivity contribution is -0.149. The first kappa shape index (κ1) is 16.5. The Kier molecular flexibility index (Phi) is 4.73. The summed E-state index contributed by atoms with van der Waals surface area (Å²) in [6, 6.07) is 7.63. The fraction of sp³-hybridized carbons (Fsp3) is 0.588. The number of carbonyl (C=O) groups is 1. The lowest BCUT2D eigenvalue weighted by Crippen LogP contribution is -2.49. The molecule has 3 rings (SSSR count). The normalized spacial score (nSPS) is 27.3. The van der Waals surface area contributed by atoms with Crippen LogP contribution >= 0.6 is 0 Å². The number of rotatable bonds is 6. The summed E-state index contributed by atoms with van der Waals surface area (Å²) in [5.74, 6) is -0.294. The lowest BCUT2D eigenvalue weighted by Gasteiger charge is -2.32. The minimum Gasteiger partial charge on any atom is -0.464 e. The minimum absolute atomic E-state index is 0.0751. The molecule has 0 amide bonds. The Labute approximate surface area is 137 Å². The predicted octanol–water partition coefficient (Wildman–Crippen LogP) is 2.57. The van der Waals surface area contributed by atoms with Crippen LogP contribution in [0.2, 0.25) is 0 Å². The molecule has 6 heteroatoms. The van der Waals surface area contributed by atoms with E-state index in [1.54, 1.807) is 30.3 Å². The molecule has 3 unspecified atom stereocenters. The van der Waals surface area contributed by atoms with Crippen LogP contribution in [-0.4, -0.2) is 37.4 Å². The first-order valence-corrected chi connectivity index (χ1v) is 9.75. The molecule has 2 fully saturated rings. The zero-order valence-electron chi connectivity index (χ0n) is 13.3.